The Bertz CT molecular complexity index is 606. The third-order valence-electron chi connectivity index (χ3n) is 4.07. The third-order valence-corrected chi connectivity index (χ3v) is 4.07. The molecular weight excluding hydrogens is 314 g/mol. The number of hydrogen-bond acceptors (Lipinski definition) is 2. The normalized spacial score (nSPS) is 17.9. The third kappa shape index (κ3) is 5.01. The van der Waals surface area contributed by atoms with Crippen molar-refractivity contribution in [2.24, 2.45) is 5.41 Å². The molecule has 1 aliphatic heterocycles. The van der Waals surface area contributed by atoms with Crippen molar-refractivity contribution in [1.29, 1.82) is 0 Å². The number of nitrogens with zero attached hydrogens (tertiary/aromatic N) is 1. The molecule has 0 aliphatic carbocycles. The molecule has 1 N–H and O–H groups in total. The molecule has 0 radical (unpaired) electrons. The Morgan fingerprint density at radius 1 is 1.21 bits per heavy atom. The molecule has 1 atom stereocenters. The number of likely N-dealkylation sites (tertiary alicyclic amines) is 1. The quantitative estimate of drug-likeness (QED) is 0.917. The molecular formula is C18H24F2N2O2. The Labute approximate surface area is 141 Å². The lowest BCUT2D eigenvalue weighted by Gasteiger charge is -2.30. The maximum atomic E-state index is 13.1. The molecule has 132 valence electrons. The van der Waals surface area contributed by atoms with E-state index in [-0.39, 0.29) is 29.5 Å². The highest BCUT2D eigenvalue weighted by molar-refractivity contribution is 5.96. The van der Waals surface area contributed by atoms with Gasteiger partial charge in [0, 0.05) is 24.2 Å². The van der Waals surface area contributed by atoms with E-state index in [0.717, 1.165) is 31.4 Å². The molecule has 1 aromatic rings. The Kier molecular flexibility index (Phi) is 5.57. The highest BCUT2D eigenvalue weighted by atomic mass is 19.1. The molecule has 1 fully saturated rings. The predicted molar refractivity (Wildman–Crippen MR) is 87.5 cm³/mol. The van der Waals surface area contributed by atoms with Crippen LogP contribution in [0.5, 0.6) is 0 Å². The van der Waals surface area contributed by atoms with Crippen molar-refractivity contribution in [3.8, 4) is 0 Å². The van der Waals surface area contributed by atoms with Crippen LogP contribution in [0.15, 0.2) is 18.2 Å². The Morgan fingerprint density at radius 3 is 2.42 bits per heavy atom. The van der Waals surface area contributed by atoms with Crippen LogP contribution in [0.25, 0.3) is 0 Å². The van der Waals surface area contributed by atoms with E-state index in [1.54, 1.807) is 4.90 Å². The molecule has 6 heteroatoms. The molecule has 0 spiro atoms. The molecule has 4 nitrogen and oxygen atoms in total. The second kappa shape index (κ2) is 7.28. The number of hydrogen-bond donors (Lipinski definition) is 1. The molecule has 2 amide bonds. The van der Waals surface area contributed by atoms with Crippen molar-refractivity contribution >= 4 is 11.8 Å². The minimum atomic E-state index is -0.823. The van der Waals surface area contributed by atoms with Crippen molar-refractivity contribution in [3.63, 3.8) is 0 Å². The summed E-state index contributed by atoms with van der Waals surface area (Å²) in [5.41, 5.74) is -0.0106. The fourth-order valence-electron chi connectivity index (χ4n) is 3.13. The van der Waals surface area contributed by atoms with Gasteiger partial charge in [0.25, 0.3) is 5.91 Å². The number of carbonyl (C=O) groups is 2. The minimum Gasteiger partial charge on any atom is -0.343 e. The predicted octanol–water partition coefficient (Wildman–Crippen LogP) is 3.12. The van der Waals surface area contributed by atoms with Crippen molar-refractivity contribution in [2.75, 3.05) is 13.1 Å². The molecule has 0 saturated carbocycles. The molecule has 2 rings (SSSR count). The first-order chi connectivity index (χ1) is 11.2. The summed E-state index contributed by atoms with van der Waals surface area (Å²) in [5, 5.41) is 2.45. The first-order valence-corrected chi connectivity index (χ1v) is 8.19. The van der Waals surface area contributed by atoms with Gasteiger partial charge in [-0.15, -0.1) is 0 Å². The lowest BCUT2D eigenvalue weighted by molar-refractivity contribution is -0.131. The molecule has 1 aromatic carbocycles. The first kappa shape index (κ1) is 18.4. The largest absolute Gasteiger partial charge is 0.343 e. The summed E-state index contributed by atoms with van der Waals surface area (Å²) >= 11 is 0. The van der Waals surface area contributed by atoms with Crippen LogP contribution in [0, 0.1) is 17.0 Å². The van der Waals surface area contributed by atoms with Crippen molar-refractivity contribution in [1.82, 2.24) is 10.2 Å². The van der Waals surface area contributed by atoms with Crippen molar-refractivity contribution in [2.45, 2.75) is 46.1 Å². The van der Waals surface area contributed by atoms with Crippen LogP contribution >= 0.6 is 0 Å². The van der Waals surface area contributed by atoms with Gasteiger partial charge in [0.15, 0.2) is 0 Å². The summed E-state index contributed by atoms with van der Waals surface area (Å²) in [5.74, 6) is -2.46. The molecule has 1 aliphatic rings. The van der Waals surface area contributed by atoms with E-state index in [0.29, 0.717) is 12.6 Å². The lowest BCUT2D eigenvalue weighted by atomic mass is 9.87. The molecule has 0 bridgehead atoms. The summed E-state index contributed by atoms with van der Waals surface area (Å²) < 4.78 is 26.3. The van der Waals surface area contributed by atoms with Crippen molar-refractivity contribution < 1.29 is 18.4 Å². The second-order valence-corrected chi connectivity index (χ2v) is 7.49. The van der Waals surface area contributed by atoms with Crippen LogP contribution in [0.2, 0.25) is 0 Å². The van der Waals surface area contributed by atoms with Gasteiger partial charge >= 0.3 is 0 Å². The summed E-state index contributed by atoms with van der Waals surface area (Å²) in [7, 11) is 0. The number of rotatable bonds is 4. The van der Waals surface area contributed by atoms with Gasteiger partial charge in [0.05, 0.1) is 6.54 Å². The van der Waals surface area contributed by atoms with Crippen LogP contribution in [0.3, 0.4) is 0 Å². The average molecular weight is 338 g/mol. The molecule has 1 heterocycles. The van der Waals surface area contributed by atoms with Crippen LogP contribution in [-0.2, 0) is 4.79 Å². The smallest absolute Gasteiger partial charge is 0.251 e. The fourth-order valence-corrected chi connectivity index (χ4v) is 3.13. The van der Waals surface area contributed by atoms with Crippen LogP contribution < -0.4 is 5.32 Å². The number of benzene rings is 1. The number of halogens is 2. The van der Waals surface area contributed by atoms with E-state index in [1.807, 2.05) is 0 Å². The molecule has 0 aromatic heterocycles. The Hall–Kier alpha value is -1.98. The van der Waals surface area contributed by atoms with Gasteiger partial charge in [0.1, 0.15) is 11.6 Å². The van der Waals surface area contributed by atoms with Gasteiger partial charge in [-0.1, -0.05) is 20.8 Å². The number of amides is 2. The van der Waals surface area contributed by atoms with E-state index in [4.69, 9.17) is 0 Å². The van der Waals surface area contributed by atoms with Gasteiger partial charge in [-0.2, -0.15) is 0 Å². The highest BCUT2D eigenvalue weighted by Crippen LogP contribution is 2.29. The molecule has 1 saturated heterocycles. The van der Waals surface area contributed by atoms with Gasteiger partial charge in [-0.25, -0.2) is 8.78 Å². The fraction of sp³-hybridized carbons (Fsp3) is 0.556. The van der Waals surface area contributed by atoms with Crippen LogP contribution in [0.1, 0.15) is 50.4 Å². The summed E-state index contributed by atoms with van der Waals surface area (Å²) in [6.45, 7) is 6.92. The van der Waals surface area contributed by atoms with E-state index in [9.17, 15) is 18.4 Å². The lowest BCUT2D eigenvalue weighted by Crippen LogP contribution is -2.43. The zero-order valence-electron chi connectivity index (χ0n) is 14.4. The van der Waals surface area contributed by atoms with E-state index in [1.165, 1.54) is 0 Å². The van der Waals surface area contributed by atoms with Gasteiger partial charge < -0.3 is 10.2 Å². The number of carbonyl (C=O) groups excluding carboxylic acids is 2. The maximum Gasteiger partial charge on any atom is 0.251 e. The topological polar surface area (TPSA) is 49.4 Å². The van der Waals surface area contributed by atoms with Crippen LogP contribution in [-0.4, -0.2) is 35.8 Å². The van der Waals surface area contributed by atoms with Gasteiger partial charge in [-0.3, -0.25) is 9.59 Å². The van der Waals surface area contributed by atoms with Gasteiger partial charge in [-0.05, 0) is 36.8 Å². The maximum absolute atomic E-state index is 13.1. The summed E-state index contributed by atoms with van der Waals surface area (Å²) in [6.07, 6.45) is 2.82. The molecule has 24 heavy (non-hydrogen) atoms. The minimum absolute atomic E-state index is 0.121. The van der Waals surface area contributed by atoms with E-state index < -0.39 is 17.5 Å². The van der Waals surface area contributed by atoms with Crippen LogP contribution in [0.4, 0.5) is 8.78 Å². The second-order valence-electron chi connectivity index (χ2n) is 7.49. The summed E-state index contributed by atoms with van der Waals surface area (Å²) in [4.78, 5) is 26.1. The first-order valence-electron chi connectivity index (χ1n) is 8.19. The van der Waals surface area contributed by atoms with E-state index in [2.05, 4.69) is 26.1 Å². The molecule has 1 unspecified atom stereocenters. The van der Waals surface area contributed by atoms with Crippen molar-refractivity contribution in [3.05, 3.63) is 35.4 Å². The number of nitrogens with one attached hydrogen (secondary N) is 1. The monoisotopic (exact) mass is 338 g/mol. The zero-order valence-corrected chi connectivity index (χ0v) is 14.4. The van der Waals surface area contributed by atoms with Gasteiger partial charge in [0.2, 0.25) is 5.91 Å². The highest BCUT2D eigenvalue weighted by Gasteiger charge is 2.31. The average Bonchev–Trinajstić information content (AvgIpc) is 2.89. The van der Waals surface area contributed by atoms with E-state index >= 15 is 0 Å². The summed E-state index contributed by atoms with van der Waals surface area (Å²) in [6, 6.07) is 2.77. The Balaban J connectivity index is 1.93. The Morgan fingerprint density at radius 2 is 1.83 bits per heavy atom. The SMILES string of the molecule is CC(C)(C)CC1CCCN1C(=O)CNC(=O)c1cc(F)cc(F)c1. The zero-order chi connectivity index (χ0) is 17.9. The standard InChI is InChI=1S/C18H24F2N2O2/c1-18(2,3)10-15-5-4-6-22(15)16(23)11-21-17(24)12-7-13(19)9-14(20)8-12/h7-9,15H,4-6,10-11H2,1-3H3,(H,21,24).